The Morgan fingerprint density at radius 3 is 2.69 bits per heavy atom. The van der Waals surface area contributed by atoms with Gasteiger partial charge in [0.15, 0.2) is 5.75 Å². The number of alkyl halides is 3. The molecule has 2 N–H and O–H groups in total. The van der Waals surface area contributed by atoms with Gasteiger partial charge >= 0.3 is 12.1 Å². The first kappa shape index (κ1) is 21.0. The number of nitrogens with zero attached hydrogens (tertiary/aromatic N) is 3. The molecular weight excluding hydrogens is 434 g/mol. The molecule has 0 saturated heterocycles. The molecule has 4 aromatic rings. The zero-order valence-electron chi connectivity index (χ0n) is 15.9. The van der Waals surface area contributed by atoms with E-state index in [1.165, 1.54) is 6.20 Å². The summed E-state index contributed by atoms with van der Waals surface area (Å²) in [5, 5.41) is 14.5. The molecule has 1 atom stereocenters. The molecule has 0 aliphatic carbocycles. The molecule has 0 aliphatic heterocycles. The Hall–Kier alpha value is -4.22. The van der Waals surface area contributed by atoms with Crippen LogP contribution in [0.3, 0.4) is 0 Å². The number of nitro benzene ring substituents is 1. The second-order valence-corrected chi connectivity index (χ2v) is 6.50. The normalized spacial score (nSPS) is 12.2. The van der Waals surface area contributed by atoms with Crippen LogP contribution in [-0.2, 0) is 0 Å². The smallest absolute Gasteiger partial charge is 0.307 e. The Labute approximate surface area is 177 Å². The third-order valence-electron chi connectivity index (χ3n) is 4.45. The molecule has 8 nitrogen and oxygen atoms in total. The van der Waals surface area contributed by atoms with E-state index in [1.807, 2.05) is 24.3 Å². The molecule has 0 spiro atoms. The number of fused-ring (bicyclic) bond motifs is 1. The van der Waals surface area contributed by atoms with E-state index in [-0.39, 0.29) is 11.6 Å². The van der Waals surface area contributed by atoms with Crippen LogP contribution < -0.4 is 10.1 Å². The average molecular weight is 447 g/mol. The van der Waals surface area contributed by atoms with Gasteiger partial charge in [0.2, 0.25) is 11.8 Å². The fraction of sp³-hybridized carbons (Fsp3) is 0.100. The molecule has 0 fully saturated rings. The summed E-state index contributed by atoms with van der Waals surface area (Å²) in [6.07, 6.45) is -3.47. The Bertz CT molecular complexity index is 1300. The van der Waals surface area contributed by atoms with Gasteiger partial charge in [0, 0.05) is 41.0 Å². The van der Waals surface area contributed by atoms with Gasteiger partial charge in [0.05, 0.1) is 16.3 Å². The van der Waals surface area contributed by atoms with Crippen LogP contribution in [0, 0.1) is 15.9 Å². The minimum absolute atomic E-state index is 0.106. The lowest BCUT2D eigenvalue weighted by Crippen LogP contribution is -2.20. The van der Waals surface area contributed by atoms with Crippen LogP contribution in [0.5, 0.6) is 5.75 Å². The quantitative estimate of drug-likeness (QED) is 0.225. The van der Waals surface area contributed by atoms with Crippen LogP contribution in [0.25, 0.3) is 22.2 Å². The number of nitro groups is 1. The molecule has 0 radical (unpaired) electrons. The number of rotatable bonds is 7. The SMILES string of the molecule is O=[N+]([O-])c1cc(Nc2nccc(-c3c[nH]c4ccccc34)n2)c(OC(F)C(F)F)cc1F. The highest BCUT2D eigenvalue weighted by Gasteiger charge is 2.26. The second kappa shape index (κ2) is 8.49. The molecule has 0 aliphatic rings. The van der Waals surface area contributed by atoms with Gasteiger partial charge in [0.25, 0.3) is 6.36 Å². The van der Waals surface area contributed by atoms with E-state index in [4.69, 9.17) is 0 Å². The van der Waals surface area contributed by atoms with E-state index in [9.17, 15) is 27.7 Å². The third-order valence-corrected chi connectivity index (χ3v) is 4.45. The number of hydrogen-bond acceptors (Lipinski definition) is 6. The van der Waals surface area contributed by atoms with E-state index in [0.29, 0.717) is 17.8 Å². The van der Waals surface area contributed by atoms with Gasteiger partial charge in [-0.2, -0.15) is 8.78 Å². The monoisotopic (exact) mass is 447 g/mol. The molecule has 0 saturated carbocycles. The van der Waals surface area contributed by atoms with Gasteiger partial charge in [-0.1, -0.05) is 18.2 Å². The van der Waals surface area contributed by atoms with Crippen LogP contribution >= 0.6 is 0 Å². The van der Waals surface area contributed by atoms with E-state index in [1.54, 1.807) is 12.3 Å². The maximum Gasteiger partial charge on any atom is 0.307 e. The first-order valence-electron chi connectivity index (χ1n) is 9.07. The average Bonchev–Trinajstić information content (AvgIpc) is 3.19. The van der Waals surface area contributed by atoms with Crippen molar-refractivity contribution >= 4 is 28.2 Å². The van der Waals surface area contributed by atoms with Gasteiger partial charge < -0.3 is 15.0 Å². The zero-order valence-corrected chi connectivity index (χ0v) is 15.9. The van der Waals surface area contributed by atoms with Crippen molar-refractivity contribution in [2.24, 2.45) is 0 Å². The number of benzene rings is 2. The standard InChI is InChI=1S/C20H13F4N5O3/c21-12-7-17(32-19(24)18(22)23)15(8-16(12)29(30)31)28-20-25-6-5-14(27-20)11-9-26-13-4-2-1-3-10(11)13/h1-9,18-19,26H,(H,25,27,28). The van der Waals surface area contributed by atoms with Crippen molar-refractivity contribution in [2.75, 3.05) is 5.32 Å². The van der Waals surface area contributed by atoms with E-state index in [0.717, 1.165) is 16.5 Å². The van der Waals surface area contributed by atoms with Crippen molar-refractivity contribution in [3.8, 4) is 17.0 Å². The fourth-order valence-corrected chi connectivity index (χ4v) is 3.02. The summed E-state index contributed by atoms with van der Waals surface area (Å²) in [6.45, 7) is 0. The summed E-state index contributed by atoms with van der Waals surface area (Å²) >= 11 is 0. The van der Waals surface area contributed by atoms with Gasteiger partial charge in [0.1, 0.15) is 0 Å². The number of nitrogens with one attached hydrogen (secondary N) is 2. The predicted octanol–water partition coefficient (Wildman–Crippen LogP) is 5.36. The number of hydrogen-bond donors (Lipinski definition) is 2. The fourth-order valence-electron chi connectivity index (χ4n) is 3.02. The minimum atomic E-state index is -3.51. The molecular formula is C20H13F4N5O3. The van der Waals surface area contributed by atoms with E-state index < -0.39 is 35.0 Å². The third kappa shape index (κ3) is 4.15. The van der Waals surface area contributed by atoms with E-state index in [2.05, 4.69) is 25.0 Å². The summed E-state index contributed by atoms with van der Waals surface area (Å²) in [5.74, 6) is -2.20. The van der Waals surface area contributed by atoms with Gasteiger partial charge in [-0.05, 0) is 12.1 Å². The Kier molecular flexibility index (Phi) is 5.58. The maximum atomic E-state index is 14.0. The summed E-state index contributed by atoms with van der Waals surface area (Å²) in [6, 6.07) is 10.2. The van der Waals surface area contributed by atoms with Gasteiger partial charge in [-0.3, -0.25) is 10.1 Å². The van der Waals surface area contributed by atoms with Crippen molar-refractivity contribution in [1.82, 2.24) is 15.0 Å². The van der Waals surface area contributed by atoms with Gasteiger partial charge in [-0.15, -0.1) is 0 Å². The molecule has 2 aromatic carbocycles. The highest BCUT2D eigenvalue weighted by Crippen LogP contribution is 2.35. The molecule has 164 valence electrons. The number of aromatic nitrogens is 3. The van der Waals surface area contributed by atoms with Crippen LogP contribution in [-0.4, -0.2) is 32.7 Å². The molecule has 12 heteroatoms. The highest BCUT2D eigenvalue weighted by atomic mass is 19.3. The number of halogens is 4. The molecule has 4 rings (SSSR count). The summed E-state index contributed by atoms with van der Waals surface area (Å²) in [5.41, 5.74) is 0.725. The molecule has 2 heterocycles. The molecule has 0 amide bonds. The lowest BCUT2D eigenvalue weighted by atomic mass is 10.1. The van der Waals surface area contributed by atoms with Crippen LogP contribution in [0.15, 0.2) is 54.9 Å². The first-order chi connectivity index (χ1) is 15.3. The van der Waals surface area contributed by atoms with Crippen molar-refractivity contribution in [3.05, 3.63) is 70.8 Å². The zero-order chi connectivity index (χ0) is 22.8. The Morgan fingerprint density at radius 2 is 1.94 bits per heavy atom. The minimum Gasteiger partial charge on any atom is -0.452 e. The summed E-state index contributed by atoms with van der Waals surface area (Å²) < 4.78 is 57.0. The van der Waals surface area contributed by atoms with Crippen molar-refractivity contribution in [3.63, 3.8) is 0 Å². The van der Waals surface area contributed by atoms with Crippen LogP contribution in [0.2, 0.25) is 0 Å². The Balaban J connectivity index is 1.72. The van der Waals surface area contributed by atoms with E-state index >= 15 is 0 Å². The second-order valence-electron chi connectivity index (χ2n) is 6.50. The highest BCUT2D eigenvalue weighted by molar-refractivity contribution is 5.94. The topological polar surface area (TPSA) is 106 Å². The largest absolute Gasteiger partial charge is 0.452 e. The molecule has 2 aromatic heterocycles. The lowest BCUT2D eigenvalue weighted by molar-refractivity contribution is -0.387. The van der Waals surface area contributed by atoms with Crippen molar-refractivity contribution in [1.29, 1.82) is 0 Å². The molecule has 32 heavy (non-hydrogen) atoms. The number of H-pyrrole nitrogens is 1. The molecule has 1 unspecified atom stereocenters. The first-order valence-corrected chi connectivity index (χ1v) is 9.07. The lowest BCUT2D eigenvalue weighted by Gasteiger charge is -2.15. The number of anilines is 2. The van der Waals surface area contributed by atoms with Crippen molar-refractivity contribution < 1.29 is 27.2 Å². The van der Waals surface area contributed by atoms with Crippen molar-refractivity contribution in [2.45, 2.75) is 12.8 Å². The van der Waals surface area contributed by atoms with Crippen LogP contribution in [0.4, 0.5) is 34.9 Å². The summed E-state index contributed by atoms with van der Waals surface area (Å²) in [7, 11) is 0. The number of ether oxygens (including phenoxy) is 1. The Morgan fingerprint density at radius 1 is 1.16 bits per heavy atom. The number of para-hydroxylation sites is 1. The predicted molar refractivity (Wildman–Crippen MR) is 107 cm³/mol. The summed E-state index contributed by atoms with van der Waals surface area (Å²) in [4.78, 5) is 21.4. The van der Waals surface area contributed by atoms with Crippen LogP contribution in [0.1, 0.15) is 0 Å². The number of aromatic amines is 1. The maximum absolute atomic E-state index is 14.0. The van der Waals surface area contributed by atoms with Gasteiger partial charge in [-0.25, -0.2) is 18.7 Å². The molecule has 0 bridgehead atoms.